The molecule has 23 nitrogen and oxygen atoms in total. The lowest BCUT2D eigenvalue weighted by Crippen LogP contribution is -2.18. The topological polar surface area (TPSA) is 286 Å². The number of nitro groups is 2. The summed E-state index contributed by atoms with van der Waals surface area (Å²) in [5, 5.41) is 31.5. The Bertz CT molecular complexity index is 4100. The van der Waals surface area contributed by atoms with Gasteiger partial charge >= 0.3 is 0 Å². The first-order valence-corrected chi connectivity index (χ1v) is 35.3. The van der Waals surface area contributed by atoms with E-state index in [9.17, 15) is 29.8 Å². The SMILES string of the molecule is CC(=O)Cc1ccc(N2CCCC2)nc1.CC(C)(C)c1cc(CCC(=O)Cc2ccc(N3CCCC3)nc2)n(-c2cccc(Cl)c2)n1.CC(C)(C)c1cc(CN)n(-c2cccc(Cl)c2)n1.Nc1ccc(N2CCCC2)nc1.O=[N+]([O-])c1ccc(Cl)nc1.O=[N+]([O-])c1ccc(N2CCCC2)nc1. The molecule has 0 spiro atoms. The molecule has 13 rings (SSSR count). The third-order valence-electron chi connectivity index (χ3n) is 16.9. The van der Waals surface area contributed by atoms with Gasteiger partial charge in [0, 0.05) is 129 Å². The summed E-state index contributed by atoms with van der Waals surface area (Å²) in [5.41, 5.74) is 19.9. The number of aromatic nitrogens is 9. The third kappa shape index (κ3) is 24.1. The molecule has 26 heteroatoms. The van der Waals surface area contributed by atoms with Gasteiger partial charge in [0.05, 0.1) is 50.2 Å². The molecule has 534 valence electrons. The maximum Gasteiger partial charge on any atom is 0.287 e. The highest BCUT2D eigenvalue weighted by Gasteiger charge is 2.24. The first-order chi connectivity index (χ1) is 48.3. The fraction of sp³-hybridized carbons (Fsp3) is 0.400. The second-order valence-electron chi connectivity index (χ2n) is 27.1. The molecular formula is C75H92Cl3N17O6. The van der Waals surface area contributed by atoms with Crippen molar-refractivity contribution in [1.29, 1.82) is 0 Å². The number of rotatable bonds is 16. The molecule has 0 bridgehead atoms. The first kappa shape index (κ1) is 77.3. The van der Waals surface area contributed by atoms with Gasteiger partial charge in [-0.2, -0.15) is 10.2 Å². The van der Waals surface area contributed by atoms with Gasteiger partial charge in [-0.1, -0.05) is 101 Å². The lowest BCUT2D eigenvalue weighted by molar-refractivity contribution is -0.385. The normalized spacial score (nSPS) is 14.0. The van der Waals surface area contributed by atoms with E-state index >= 15 is 0 Å². The average molecular weight is 1430 g/mol. The molecule has 4 aliphatic rings. The average Bonchev–Trinajstić information content (AvgIpc) is 1.67. The molecule has 4 N–H and O–H groups in total. The van der Waals surface area contributed by atoms with Crippen molar-refractivity contribution >= 4 is 86.7 Å². The Morgan fingerprint density at radius 3 is 1.22 bits per heavy atom. The Labute approximate surface area is 606 Å². The van der Waals surface area contributed by atoms with Gasteiger partial charge < -0.3 is 31.1 Å². The summed E-state index contributed by atoms with van der Waals surface area (Å²) >= 11 is 17.6. The van der Waals surface area contributed by atoms with Crippen molar-refractivity contribution in [2.75, 3.05) is 77.7 Å². The number of benzene rings is 2. The molecule has 101 heavy (non-hydrogen) atoms. The van der Waals surface area contributed by atoms with Crippen molar-refractivity contribution in [1.82, 2.24) is 44.5 Å². The van der Waals surface area contributed by atoms with Crippen LogP contribution in [0.1, 0.15) is 140 Å². The van der Waals surface area contributed by atoms with Crippen molar-refractivity contribution < 1.29 is 19.4 Å². The van der Waals surface area contributed by atoms with Crippen LogP contribution in [0.2, 0.25) is 15.2 Å². The number of nitrogens with two attached hydrogens (primary N) is 2. The molecular weight excluding hydrogens is 1340 g/mol. The van der Waals surface area contributed by atoms with E-state index in [4.69, 9.17) is 51.4 Å². The van der Waals surface area contributed by atoms with Crippen molar-refractivity contribution in [3.8, 4) is 11.4 Å². The van der Waals surface area contributed by atoms with Crippen LogP contribution < -0.4 is 31.1 Å². The molecule has 4 fully saturated rings. The van der Waals surface area contributed by atoms with Gasteiger partial charge in [-0.3, -0.25) is 29.8 Å². The Morgan fingerprint density at radius 2 is 0.871 bits per heavy atom. The molecule has 2 aromatic carbocycles. The molecule has 0 unspecified atom stereocenters. The van der Waals surface area contributed by atoms with Crippen molar-refractivity contribution in [2.24, 2.45) is 5.73 Å². The monoisotopic (exact) mass is 1430 g/mol. The molecule has 0 atom stereocenters. The molecule has 9 aromatic rings. The number of nitrogen functional groups attached to an aromatic ring is 1. The van der Waals surface area contributed by atoms with E-state index in [1.54, 1.807) is 19.2 Å². The molecule has 0 saturated carbocycles. The lowest BCUT2D eigenvalue weighted by atomic mass is 9.92. The Kier molecular flexibility index (Phi) is 28.6. The number of hydrogen-bond donors (Lipinski definition) is 2. The molecule has 0 radical (unpaired) electrons. The maximum absolute atomic E-state index is 12.7. The summed E-state index contributed by atoms with van der Waals surface area (Å²) in [7, 11) is 0. The smallest absolute Gasteiger partial charge is 0.287 e. The number of anilines is 5. The van der Waals surface area contributed by atoms with Crippen LogP contribution in [0.15, 0.2) is 152 Å². The fourth-order valence-electron chi connectivity index (χ4n) is 11.4. The fourth-order valence-corrected chi connectivity index (χ4v) is 11.8. The zero-order valence-corrected chi connectivity index (χ0v) is 61.0. The number of nitrogens with zero attached hydrogens (tertiary/aromatic N) is 15. The van der Waals surface area contributed by atoms with E-state index in [1.807, 2.05) is 107 Å². The Morgan fingerprint density at radius 1 is 0.485 bits per heavy atom. The quantitative estimate of drug-likeness (QED) is 0.0516. The van der Waals surface area contributed by atoms with Crippen LogP contribution in [0.5, 0.6) is 0 Å². The first-order valence-electron chi connectivity index (χ1n) is 34.2. The molecule has 11 heterocycles. The highest BCUT2D eigenvalue weighted by molar-refractivity contribution is 6.31. The van der Waals surface area contributed by atoms with Gasteiger partial charge in [-0.05, 0) is 161 Å². The number of halogens is 3. The van der Waals surface area contributed by atoms with Crippen LogP contribution in [0.25, 0.3) is 11.4 Å². The van der Waals surface area contributed by atoms with Crippen molar-refractivity contribution in [3.05, 3.63) is 222 Å². The standard InChI is InChI=1S/C26H31ClN4O.C14H18ClN3.C12H16N2O.C9H11N3O2.C9H13N3.C5H3ClN2O2/c1-26(2,3)24-17-22(31(29-24)21-8-6-7-20(27)16-21)10-11-23(32)15-19-9-12-25(28-18-19)30-13-4-5-14-30;1-14(2,3)13-8-12(9-16)18(17-13)11-6-4-5-10(15)7-11;1-10(15)8-11-4-5-12(13-9-11)14-6-2-3-7-14;13-12(14)8-3-4-9(10-7-8)11-5-1-2-6-11;10-8-3-4-9(11-7-8)12-5-1-2-6-12;6-5-2-1-4(3-7-5)8(9)10/h6-9,12,16-18H,4-5,10-11,13-15H2,1-3H3;4-8H,9,16H2,1-3H3;4-5,9H,2-3,6-8H2,1H3;3-4,7H,1-2,5-6H2;3-4,7H,1-2,5-6,10H2;1-3H. The molecule has 0 aliphatic carbocycles. The summed E-state index contributed by atoms with van der Waals surface area (Å²) in [4.78, 5) is 73.0. The van der Waals surface area contributed by atoms with Gasteiger partial charge in [-0.15, -0.1) is 0 Å². The van der Waals surface area contributed by atoms with Crippen molar-refractivity contribution in [3.63, 3.8) is 0 Å². The van der Waals surface area contributed by atoms with Gasteiger partial charge in [0.1, 0.15) is 52.4 Å². The van der Waals surface area contributed by atoms with E-state index in [-0.39, 0.29) is 38.9 Å². The second kappa shape index (κ2) is 37.3. The minimum atomic E-state index is -0.524. The van der Waals surface area contributed by atoms with E-state index < -0.39 is 9.85 Å². The van der Waals surface area contributed by atoms with Gasteiger partial charge in [0.25, 0.3) is 11.4 Å². The van der Waals surface area contributed by atoms with Gasteiger partial charge in [0.2, 0.25) is 0 Å². The molecule has 4 aliphatic heterocycles. The zero-order valence-electron chi connectivity index (χ0n) is 58.7. The van der Waals surface area contributed by atoms with Crippen LogP contribution in [0, 0.1) is 20.2 Å². The molecule has 0 amide bonds. The van der Waals surface area contributed by atoms with E-state index in [1.165, 1.54) is 75.8 Å². The molecule has 4 saturated heterocycles. The van der Waals surface area contributed by atoms with Gasteiger partial charge in [0.15, 0.2) is 0 Å². The number of aryl methyl sites for hydroxylation is 1. The number of carbonyl (C=O) groups is 2. The van der Waals surface area contributed by atoms with E-state index in [0.717, 1.165) is 133 Å². The summed E-state index contributed by atoms with van der Waals surface area (Å²) in [6, 6.07) is 37.3. The van der Waals surface area contributed by atoms with Crippen LogP contribution in [-0.2, 0) is 46.2 Å². The zero-order chi connectivity index (χ0) is 72.6. The van der Waals surface area contributed by atoms with Crippen LogP contribution in [-0.4, -0.2) is 118 Å². The highest BCUT2D eigenvalue weighted by Crippen LogP contribution is 2.29. The second-order valence-corrected chi connectivity index (χ2v) is 28.4. The number of Topliss-reactive ketones (excluding diaryl/α,β-unsaturated/α-hetero) is 2. The largest absolute Gasteiger partial charge is 0.397 e. The van der Waals surface area contributed by atoms with E-state index in [2.05, 4.69) is 103 Å². The highest BCUT2D eigenvalue weighted by atomic mass is 35.5. The van der Waals surface area contributed by atoms with Crippen LogP contribution in [0.4, 0.5) is 40.3 Å². The van der Waals surface area contributed by atoms with E-state index in [0.29, 0.717) is 42.3 Å². The Balaban J connectivity index is 0.000000162. The summed E-state index contributed by atoms with van der Waals surface area (Å²) in [6.45, 7) is 23.5. The minimum Gasteiger partial charge on any atom is -0.397 e. The molecule has 7 aromatic heterocycles. The number of hydrogen-bond acceptors (Lipinski definition) is 19. The number of carbonyl (C=O) groups excluding carboxylic acids is 2. The van der Waals surface area contributed by atoms with Gasteiger partial charge in [-0.25, -0.2) is 34.3 Å². The minimum absolute atomic E-state index is 0.00768. The maximum atomic E-state index is 12.7. The predicted octanol–water partition coefficient (Wildman–Crippen LogP) is 15.2. The van der Waals surface area contributed by atoms with Crippen molar-refractivity contribution in [2.45, 2.75) is 143 Å². The summed E-state index contributed by atoms with van der Waals surface area (Å²) in [5.74, 6) is 4.34. The predicted molar refractivity (Wildman–Crippen MR) is 404 cm³/mol. The summed E-state index contributed by atoms with van der Waals surface area (Å²) < 4.78 is 3.79. The van der Waals surface area contributed by atoms with Crippen LogP contribution in [0.3, 0.4) is 0 Å². The Hall–Kier alpha value is -9.42. The third-order valence-corrected chi connectivity index (χ3v) is 17.6. The summed E-state index contributed by atoms with van der Waals surface area (Å²) in [6.07, 6.45) is 19.7. The van der Waals surface area contributed by atoms with Crippen LogP contribution >= 0.6 is 34.8 Å². The number of pyridine rings is 5. The lowest BCUT2D eigenvalue weighted by Gasteiger charge is -2.16. The number of ketones is 2.